The molecule has 1 aromatic carbocycles. The highest BCUT2D eigenvalue weighted by Crippen LogP contribution is 2.17. The van der Waals surface area contributed by atoms with Crippen molar-refractivity contribution in [1.82, 2.24) is 15.1 Å². The molecule has 110 valence electrons. The average Bonchev–Trinajstić information content (AvgIpc) is 2.50. The van der Waals surface area contributed by atoms with Crippen molar-refractivity contribution in [2.24, 2.45) is 0 Å². The monoisotopic (exact) mass is 287 g/mol. The Morgan fingerprint density at radius 1 is 1.29 bits per heavy atom. The van der Waals surface area contributed by atoms with Crippen LogP contribution in [0.1, 0.15) is 17.3 Å². The van der Waals surface area contributed by atoms with Gasteiger partial charge in [0.25, 0.3) is 11.5 Å². The Bertz CT molecular complexity index is 667. The summed E-state index contributed by atoms with van der Waals surface area (Å²) in [6, 6.07) is 10.1. The van der Waals surface area contributed by atoms with Crippen LogP contribution < -0.4 is 15.6 Å². The number of rotatable bonds is 6. The first-order valence-electron chi connectivity index (χ1n) is 6.74. The Kier molecular flexibility index (Phi) is 5.09. The Labute approximate surface area is 122 Å². The summed E-state index contributed by atoms with van der Waals surface area (Å²) in [5.74, 6) is 0.315. The molecule has 0 radical (unpaired) electrons. The molecule has 0 fully saturated rings. The van der Waals surface area contributed by atoms with E-state index in [4.69, 9.17) is 4.74 Å². The van der Waals surface area contributed by atoms with Crippen LogP contribution in [0.3, 0.4) is 0 Å². The maximum absolute atomic E-state index is 12.1. The molecule has 0 bridgehead atoms. The van der Waals surface area contributed by atoms with Crippen molar-refractivity contribution in [3.63, 3.8) is 0 Å². The summed E-state index contributed by atoms with van der Waals surface area (Å²) in [6.07, 6.45) is 1.54. The molecule has 1 amide bonds. The number of carbonyl (C=O) groups is 1. The highest BCUT2D eigenvalue weighted by atomic mass is 16.5. The number of hydrogen-bond donors (Lipinski definition) is 1. The standard InChI is InChI=1S/C15H17N3O3/c1-2-21-13-7-4-3-6-12(13)15(20)16-10-11-18-14(19)8-5-9-17-18/h3-9H,2,10-11H2,1H3,(H,16,20). The zero-order chi connectivity index (χ0) is 15.1. The SMILES string of the molecule is CCOc1ccccc1C(=O)NCCn1ncccc1=O. The maximum Gasteiger partial charge on any atom is 0.266 e. The Morgan fingerprint density at radius 2 is 2.10 bits per heavy atom. The second-order valence-electron chi connectivity index (χ2n) is 4.27. The topological polar surface area (TPSA) is 73.2 Å². The molecular formula is C15H17N3O3. The molecule has 6 heteroatoms. The molecule has 0 unspecified atom stereocenters. The van der Waals surface area contributed by atoms with Gasteiger partial charge in [0, 0.05) is 18.8 Å². The fourth-order valence-corrected chi connectivity index (χ4v) is 1.86. The normalized spacial score (nSPS) is 10.1. The lowest BCUT2D eigenvalue weighted by molar-refractivity contribution is 0.0948. The first kappa shape index (κ1) is 14.8. The lowest BCUT2D eigenvalue weighted by Crippen LogP contribution is -2.31. The van der Waals surface area contributed by atoms with E-state index in [1.165, 1.54) is 16.9 Å². The minimum absolute atomic E-state index is 0.193. The molecule has 0 saturated heterocycles. The molecular weight excluding hydrogens is 270 g/mol. The third-order valence-electron chi connectivity index (χ3n) is 2.83. The van der Waals surface area contributed by atoms with E-state index in [0.717, 1.165) is 0 Å². The number of amides is 1. The Morgan fingerprint density at radius 3 is 2.86 bits per heavy atom. The van der Waals surface area contributed by atoms with Gasteiger partial charge in [-0.2, -0.15) is 5.10 Å². The van der Waals surface area contributed by atoms with Crippen molar-refractivity contribution in [1.29, 1.82) is 0 Å². The van der Waals surface area contributed by atoms with Crippen molar-refractivity contribution in [3.8, 4) is 5.75 Å². The van der Waals surface area contributed by atoms with Gasteiger partial charge in [-0.05, 0) is 25.1 Å². The first-order valence-corrected chi connectivity index (χ1v) is 6.74. The summed E-state index contributed by atoms with van der Waals surface area (Å²) >= 11 is 0. The van der Waals surface area contributed by atoms with Crippen molar-refractivity contribution >= 4 is 5.91 Å². The summed E-state index contributed by atoms with van der Waals surface area (Å²) in [6.45, 7) is 2.99. The quantitative estimate of drug-likeness (QED) is 0.862. The van der Waals surface area contributed by atoms with Crippen molar-refractivity contribution < 1.29 is 9.53 Å². The first-order chi connectivity index (χ1) is 10.2. The van der Waals surface area contributed by atoms with Crippen molar-refractivity contribution in [3.05, 3.63) is 58.5 Å². The van der Waals surface area contributed by atoms with Crippen LogP contribution in [0.15, 0.2) is 47.4 Å². The molecule has 0 aliphatic carbocycles. The van der Waals surface area contributed by atoms with Gasteiger partial charge in [0.1, 0.15) is 5.75 Å². The summed E-state index contributed by atoms with van der Waals surface area (Å²) in [5, 5.41) is 6.68. The second kappa shape index (κ2) is 7.23. The number of nitrogens with one attached hydrogen (secondary N) is 1. The highest BCUT2D eigenvalue weighted by Gasteiger charge is 2.11. The average molecular weight is 287 g/mol. The van der Waals surface area contributed by atoms with E-state index in [1.54, 1.807) is 24.3 Å². The van der Waals surface area contributed by atoms with Crippen molar-refractivity contribution in [2.75, 3.05) is 13.2 Å². The number of hydrogen-bond acceptors (Lipinski definition) is 4. The van der Waals surface area contributed by atoms with Crippen LogP contribution >= 0.6 is 0 Å². The van der Waals surface area contributed by atoms with Crippen LogP contribution in [0.25, 0.3) is 0 Å². The molecule has 1 heterocycles. The molecule has 0 saturated carbocycles. The Balaban J connectivity index is 1.96. The van der Waals surface area contributed by atoms with Crippen molar-refractivity contribution in [2.45, 2.75) is 13.5 Å². The molecule has 2 aromatic rings. The van der Waals surface area contributed by atoms with Gasteiger partial charge < -0.3 is 10.1 Å². The predicted octanol–water partition coefficient (Wildman–Crippen LogP) is 1.07. The van der Waals surface area contributed by atoms with E-state index in [2.05, 4.69) is 10.4 Å². The van der Waals surface area contributed by atoms with Gasteiger partial charge >= 0.3 is 0 Å². The number of carbonyl (C=O) groups excluding carboxylic acids is 1. The second-order valence-corrected chi connectivity index (χ2v) is 4.27. The van der Waals surface area contributed by atoms with Gasteiger partial charge in [-0.1, -0.05) is 12.1 Å². The summed E-state index contributed by atoms with van der Waals surface area (Å²) in [7, 11) is 0. The molecule has 2 rings (SSSR count). The minimum Gasteiger partial charge on any atom is -0.493 e. The molecule has 1 N–H and O–H groups in total. The smallest absolute Gasteiger partial charge is 0.266 e. The molecule has 0 aliphatic rings. The van der Waals surface area contributed by atoms with Gasteiger partial charge in [0.05, 0.1) is 18.7 Å². The van der Waals surface area contributed by atoms with Gasteiger partial charge in [-0.25, -0.2) is 4.68 Å². The van der Waals surface area contributed by atoms with Crippen LogP contribution in [0, 0.1) is 0 Å². The summed E-state index contributed by atoms with van der Waals surface area (Å²) < 4.78 is 6.71. The fraction of sp³-hybridized carbons (Fsp3) is 0.267. The third-order valence-corrected chi connectivity index (χ3v) is 2.83. The minimum atomic E-state index is -0.233. The van der Waals surface area contributed by atoms with Gasteiger partial charge in [0.15, 0.2) is 0 Å². The van der Waals surface area contributed by atoms with Crippen LogP contribution in [-0.2, 0) is 6.54 Å². The van der Waals surface area contributed by atoms with Crippen LogP contribution in [0.5, 0.6) is 5.75 Å². The van der Waals surface area contributed by atoms with E-state index in [-0.39, 0.29) is 11.5 Å². The van der Waals surface area contributed by atoms with Gasteiger partial charge in [-0.3, -0.25) is 9.59 Å². The fourth-order valence-electron chi connectivity index (χ4n) is 1.86. The number of benzene rings is 1. The van der Waals surface area contributed by atoms with E-state index in [9.17, 15) is 9.59 Å². The molecule has 21 heavy (non-hydrogen) atoms. The third kappa shape index (κ3) is 3.92. The molecule has 1 aromatic heterocycles. The highest BCUT2D eigenvalue weighted by molar-refractivity contribution is 5.96. The van der Waals surface area contributed by atoms with Gasteiger partial charge in [0.2, 0.25) is 0 Å². The lowest BCUT2D eigenvalue weighted by Gasteiger charge is -2.10. The largest absolute Gasteiger partial charge is 0.493 e. The zero-order valence-corrected chi connectivity index (χ0v) is 11.8. The summed E-state index contributed by atoms with van der Waals surface area (Å²) in [4.78, 5) is 23.6. The number of ether oxygens (including phenoxy) is 1. The van der Waals surface area contributed by atoms with Crippen LogP contribution in [0.2, 0.25) is 0 Å². The van der Waals surface area contributed by atoms with Gasteiger partial charge in [-0.15, -0.1) is 0 Å². The predicted molar refractivity (Wildman–Crippen MR) is 78.4 cm³/mol. The molecule has 0 atom stereocenters. The molecule has 0 aliphatic heterocycles. The lowest BCUT2D eigenvalue weighted by atomic mass is 10.2. The van der Waals surface area contributed by atoms with Crippen LogP contribution in [0.4, 0.5) is 0 Å². The van der Waals surface area contributed by atoms with Crippen LogP contribution in [-0.4, -0.2) is 28.8 Å². The molecule has 0 spiro atoms. The Hall–Kier alpha value is -2.63. The van der Waals surface area contributed by atoms with E-state index in [1.807, 2.05) is 13.0 Å². The van der Waals surface area contributed by atoms with E-state index < -0.39 is 0 Å². The van der Waals surface area contributed by atoms with E-state index in [0.29, 0.717) is 31.0 Å². The number of para-hydroxylation sites is 1. The zero-order valence-electron chi connectivity index (χ0n) is 11.8. The number of nitrogens with zero attached hydrogens (tertiary/aromatic N) is 2. The maximum atomic E-state index is 12.1. The van der Waals surface area contributed by atoms with E-state index >= 15 is 0 Å². The number of aromatic nitrogens is 2. The molecule has 6 nitrogen and oxygen atoms in total. The summed E-state index contributed by atoms with van der Waals surface area (Å²) in [5.41, 5.74) is 0.286.